The van der Waals surface area contributed by atoms with Gasteiger partial charge in [-0.05, 0) is 26.2 Å². The van der Waals surface area contributed by atoms with Gasteiger partial charge in [0.2, 0.25) is 0 Å². The summed E-state index contributed by atoms with van der Waals surface area (Å²) in [5, 5.41) is 3.38. The standard InChI is InChI=1S/C13H23F3N4.HI/c1-10(13(14,15)16)19-6-8-20(9-7-19)12(17-2)18-11-4-3-5-11;/h10-11H,3-9H2,1-2H3,(H,17,18);1H. The summed E-state index contributed by atoms with van der Waals surface area (Å²) < 4.78 is 38.1. The predicted octanol–water partition coefficient (Wildman–Crippen LogP) is 2.30. The smallest absolute Gasteiger partial charge is 0.354 e. The first-order chi connectivity index (χ1) is 9.41. The minimum atomic E-state index is -4.14. The summed E-state index contributed by atoms with van der Waals surface area (Å²) in [6.45, 7) is 3.26. The quantitative estimate of drug-likeness (QED) is 0.423. The molecule has 1 heterocycles. The van der Waals surface area contributed by atoms with Crippen LogP contribution in [0.4, 0.5) is 13.2 Å². The molecule has 0 bridgehead atoms. The van der Waals surface area contributed by atoms with Gasteiger partial charge in [0, 0.05) is 39.3 Å². The SMILES string of the molecule is CN=C(NC1CCC1)N1CCN(C(C)C(F)(F)F)CC1.I. The van der Waals surface area contributed by atoms with Crippen molar-refractivity contribution >= 4 is 29.9 Å². The van der Waals surface area contributed by atoms with Crippen molar-refractivity contribution in [3.8, 4) is 0 Å². The van der Waals surface area contributed by atoms with Crippen molar-refractivity contribution in [3.63, 3.8) is 0 Å². The molecule has 0 amide bonds. The lowest BCUT2D eigenvalue weighted by molar-refractivity contribution is -0.181. The van der Waals surface area contributed by atoms with Crippen molar-refractivity contribution in [2.45, 2.75) is 44.4 Å². The van der Waals surface area contributed by atoms with Crippen molar-refractivity contribution in [1.29, 1.82) is 0 Å². The summed E-state index contributed by atoms with van der Waals surface area (Å²) in [5.74, 6) is 0.828. The minimum Gasteiger partial charge on any atom is -0.354 e. The Morgan fingerprint density at radius 2 is 1.76 bits per heavy atom. The van der Waals surface area contributed by atoms with Gasteiger partial charge in [0.25, 0.3) is 0 Å². The third kappa shape index (κ3) is 4.87. The van der Waals surface area contributed by atoms with E-state index in [1.165, 1.54) is 18.2 Å². The van der Waals surface area contributed by atoms with Gasteiger partial charge >= 0.3 is 6.18 Å². The molecule has 2 aliphatic rings. The lowest BCUT2D eigenvalue weighted by Gasteiger charge is -2.41. The van der Waals surface area contributed by atoms with E-state index in [0.29, 0.717) is 32.2 Å². The average molecular weight is 420 g/mol. The molecule has 1 N–H and O–H groups in total. The van der Waals surface area contributed by atoms with E-state index in [1.54, 1.807) is 7.05 Å². The number of hydrogen-bond acceptors (Lipinski definition) is 2. The molecule has 1 atom stereocenters. The Hall–Kier alpha value is -0.250. The Kier molecular flexibility index (Phi) is 7.02. The van der Waals surface area contributed by atoms with Gasteiger partial charge in [0.05, 0.1) is 0 Å². The molecule has 0 aromatic carbocycles. The fourth-order valence-corrected chi connectivity index (χ4v) is 2.56. The molecule has 0 spiro atoms. The fourth-order valence-electron chi connectivity index (χ4n) is 2.56. The molecule has 0 aromatic heterocycles. The Morgan fingerprint density at radius 3 is 2.14 bits per heavy atom. The molecule has 1 unspecified atom stereocenters. The van der Waals surface area contributed by atoms with Crippen LogP contribution < -0.4 is 5.32 Å². The molecular weight excluding hydrogens is 396 g/mol. The maximum atomic E-state index is 12.7. The molecule has 8 heteroatoms. The highest BCUT2D eigenvalue weighted by Crippen LogP contribution is 2.25. The normalized spacial score (nSPS) is 23.3. The number of alkyl halides is 3. The average Bonchev–Trinajstić information content (AvgIpc) is 2.36. The van der Waals surface area contributed by atoms with Crippen molar-refractivity contribution in [2.24, 2.45) is 4.99 Å². The van der Waals surface area contributed by atoms with Crippen LogP contribution in [0.2, 0.25) is 0 Å². The van der Waals surface area contributed by atoms with Crippen LogP contribution in [-0.4, -0.2) is 67.2 Å². The van der Waals surface area contributed by atoms with Gasteiger partial charge in [-0.2, -0.15) is 13.2 Å². The molecular formula is C13H24F3IN4. The number of piperazine rings is 1. The van der Waals surface area contributed by atoms with Gasteiger partial charge < -0.3 is 10.2 Å². The molecule has 124 valence electrons. The van der Waals surface area contributed by atoms with E-state index in [-0.39, 0.29) is 24.0 Å². The molecule has 21 heavy (non-hydrogen) atoms. The second kappa shape index (κ2) is 7.85. The van der Waals surface area contributed by atoms with Crippen LogP contribution in [0, 0.1) is 0 Å². The van der Waals surface area contributed by atoms with E-state index >= 15 is 0 Å². The first-order valence-electron chi connectivity index (χ1n) is 7.21. The second-order valence-corrected chi connectivity index (χ2v) is 5.56. The van der Waals surface area contributed by atoms with Crippen LogP contribution in [0.1, 0.15) is 26.2 Å². The highest BCUT2D eigenvalue weighted by molar-refractivity contribution is 14.0. The molecule has 0 aromatic rings. The summed E-state index contributed by atoms with van der Waals surface area (Å²) >= 11 is 0. The summed E-state index contributed by atoms with van der Waals surface area (Å²) in [6.07, 6.45) is -0.590. The number of hydrogen-bond donors (Lipinski definition) is 1. The van der Waals surface area contributed by atoms with Gasteiger partial charge in [-0.3, -0.25) is 9.89 Å². The van der Waals surface area contributed by atoms with Gasteiger partial charge in [-0.1, -0.05) is 0 Å². The van der Waals surface area contributed by atoms with E-state index in [4.69, 9.17) is 0 Å². The van der Waals surface area contributed by atoms with Gasteiger partial charge in [0.1, 0.15) is 6.04 Å². The molecule has 1 aliphatic carbocycles. The van der Waals surface area contributed by atoms with E-state index in [0.717, 1.165) is 18.8 Å². The first kappa shape index (κ1) is 18.8. The summed E-state index contributed by atoms with van der Waals surface area (Å²) in [6, 6.07) is -0.882. The third-order valence-electron chi connectivity index (χ3n) is 4.29. The molecule has 2 rings (SSSR count). The van der Waals surface area contributed by atoms with E-state index in [2.05, 4.69) is 15.2 Å². The molecule has 4 nitrogen and oxygen atoms in total. The first-order valence-corrected chi connectivity index (χ1v) is 7.21. The minimum absolute atomic E-state index is 0. The number of aliphatic imine (C=N–C) groups is 1. The Morgan fingerprint density at radius 1 is 1.19 bits per heavy atom. The Bertz CT molecular complexity index is 350. The zero-order valence-electron chi connectivity index (χ0n) is 12.5. The monoisotopic (exact) mass is 420 g/mol. The summed E-state index contributed by atoms with van der Waals surface area (Å²) in [5.41, 5.74) is 0. The van der Waals surface area contributed by atoms with Gasteiger partial charge in [-0.25, -0.2) is 0 Å². The number of rotatable bonds is 2. The molecule has 1 saturated carbocycles. The van der Waals surface area contributed by atoms with Crippen LogP contribution >= 0.6 is 24.0 Å². The van der Waals surface area contributed by atoms with E-state index < -0.39 is 12.2 Å². The number of halogens is 4. The van der Waals surface area contributed by atoms with Crippen molar-refractivity contribution in [1.82, 2.24) is 15.1 Å². The third-order valence-corrected chi connectivity index (χ3v) is 4.29. The Labute approximate surface area is 141 Å². The van der Waals surface area contributed by atoms with Crippen LogP contribution in [0.3, 0.4) is 0 Å². The van der Waals surface area contributed by atoms with Crippen LogP contribution in [-0.2, 0) is 0 Å². The number of nitrogens with zero attached hydrogens (tertiary/aromatic N) is 3. The number of nitrogens with one attached hydrogen (secondary N) is 1. The zero-order valence-corrected chi connectivity index (χ0v) is 14.8. The lowest BCUT2D eigenvalue weighted by atomic mass is 9.93. The molecule has 2 fully saturated rings. The Balaban J connectivity index is 0.00000220. The molecule has 1 saturated heterocycles. The number of guanidine groups is 1. The maximum Gasteiger partial charge on any atom is 0.403 e. The van der Waals surface area contributed by atoms with Gasteiger partial charge in [0.15, 0.2) is 5.96 Å². The maximum absolute atomic E-state index is 12.7. The topological polar surface area (TPSA) is 30.9 Å². The summed E-state index contributed by atoms with van der Waals surface area (Å²) in [7, 11) is 1.73. The molecule has 1 aliphatic heterocycles. The second-order valence-electron chi connectivity index (χ2n) is 5.56. The molecule has 0 radical (unpaired) electrons. The summed E-state index contributed by atoms with van der Waals surface area (Å²) in [4.78, 5) is 7.79. The fraction of sp³-hybridized carbons (Fsp3) is 0.923. The lowest BCUT2D eigenvalue weighted by Crippen LogP contribution is -2.58. The zero-order chi connectivity index (χ0) is 14.8. The van der Waals surface area contributed by atoms with Gasteiger partial charge in [-0.15, -0.1) is 24.0 Å². The largest absolute Gasteiger partial charge is 0.403 e. The highest BCUT2D eigenvalue weighted by Gasteiger charge is 2.41. The highest BCUT2D eigenvalue weighted by atomic mass is 127. The predicted molar refractivity (Wildman–Crippen MR) is 88.2 cm³/mol. The van der Waals surface area contributed by atoms with Crippen molar-refractivity contribution in [3.05, 3.63) is 0 Å². The van der Waals surface area contributed by atoms with Crippen molar-refractivity contribution in [2.75, 3.05) is 33.2 Å². The van der Waals surface area contributed by atoms with Crippen molar-refractivity contribution < 1.29 is 13.2 Å². The van der Waals surface area contributed by atoms with Crippen LogP contribution in [0.5, 0.6) is 0 Å². The van der Waals surface area contributed by atoms with E-state index in [1.807, 2.05) is 0 Å². The van der Waals surface area contributed by atoms with Crippen LogP contribution in [0.25, 0.3) is 0 Å². The van der Waals surface area contributed by atoms with E-state index in [9.17, 15) is 13.2 Å². The van der Waals surface area contributed by atoms with Crippen LogP contribution in [0.15, 0.2) is 4.99 Å².